The van der Waals surface area contributed by atoms with Gasteiger partial charge in [0.15, 0.2) is 5.60 Å². The average molecular weight is 333 g/mol. The van der Waals surface area contributed by atoms with Crippen molar-refractivity contribution in [3.8, 4) is 0 Å². The number of carbonyl (C=O) groups excluding carboxylic acids is 2. The number of aromatic nitrogens is 2. The van der Waals surface area contributed by atoms with Crippen molar-refractivity contribution in [2.24, 2.45) is 0 Å². The lowest BCUT2D eigenvalue weighted by molar-refractivity contribution is -0.134. The smallest absolute Gasteiger partial charge is 0.339 e. The number of rotatable bonds is 2. The standard InChI is InChI=1S/C19H15N3O3/c1-19(11-12-4-2-3-5-14(12)17(23)25-19)18(24)22-13-6-7-15-16(10-13)21-9-8-20-15/h2-10H,11H2,1H3,(H,22,24). The largest absolute Gasteiger partial charge is 0.445 e. The number of hydrogen-bond acceptors (Lipinski definition) is 5. The number of anilines is 1. The predicted octanol–water partition coefficient (Wildman–Crippen LogP) is 2.74. The van der Waals surface area contributed by atoms with Crippen LogP contribution < -0.4 is 5.32 Å². The van der Waals surface area contributed by atoms with Crippen LogP contribution in [-0.4, -0.2) is 27.4 Å². The van der Waals surface area contributed by atoms with Crippen LogP contribution in [0.25, 0.3) is 11.0 Å². The minimum absolute atomic E-state index is 0.328. The third-order valence-corrected chi connectivity index (χ3v) is 4.29. The molecule has 0 radical (unpaired) electrons. The molecule has 1 unspecified atom stereocenters. The highest BCUT2D eigenvalue weighted by atomic mass is 16.6. The number of nitrogens with zero attached hydrogens (tertiary/aromatic N) is 2. The molecule has 1 amide bonds. The first kappa shape index (κ1) is 15.3. The van der Waals surface area contributed by atoms with Gasteiger partial charge in [0.1, 0.15) is 0 Å². The van der Waals surface area contributed by atoms with Crippen LogP contribution in [0.4, 0.5) is 5.69 Å². The molecule has 0 spiro atoms. The summed E-state index contributed by atoms with van der Waals surface area (Å²) in [4.78, 5) is 33.4. The molecule has 25 heavy (non-hydrogen) atoms. The van der Waals surface area contributed by atoms with Gasteiger partial charge in [0.05, 0.1) is 16.6 Å². The van der Waals surface area contributed by atoms with E-state index in [0.29, 0.717) is 23.2 Å². The van der Waals surface area contributed by atoms with E-state index in [1.54, 1.807) is 49.6 Å². The van der Waals surface area contributed by atoms with Crippen LogP contribution in [0.1, 0.15) is 22.8 Å². The fraction of sp³-hybridized carbons (Fsp3) is 0.158. The van der Waals surface area contributed by atoms with Crippen molar-refractivity contribution < 1.29 is 14.3 Å². The number of nitrogens with one attached hydrogen (secondary N) is 1. The summed E-state index contributed by atoms with van der Waals surface area (Å²) in [6.45, 7) is 1.62. The third kappa shape index (κ3) is 2.71. The van der Waals surface area contributed by atoms with E-state index < -0.39 is 11.6 Å². The lowest BCUT2D eigenvalue weighted by Crippen LogP contribution is -2.48. The molecule has 0 bridgehead atoms. The Morgan fingerprint density at radius 1 is 1.12 bits per heavy atom. The van der Waals surface area contributed by atoms with Gasteiger partial charge >= 0.3 is 5.97 Å². The number of esters is 1. The number of fused-ring (bicyclic) bond motifs is 2. The molecule has 6 nitrogen and oxygen atoms in total. The van der Waals surface area contributed by atoms with Crippen molar-refractivity contribution in [3.63, 3.8) is 0 Å². The van der Waals surface area contributed by atoms with Crippen molar-refractivity contribution >= 4 is 28.6 Å². The highest BCUT2D eigenvalue weighted by Gasteiger charge is 2.42. The second-order valence-corrected chi connectivity index (χ2v) is 6.17. The van der Waals surface area contributed by atoms with Crippen LogP contribution in [0.15, 0.2) is 54.9 Å². The Morgan fingerprint density at radius 2 is 1.88 bits per heavy atom. The fourth-order valence-corrected chi connectivity index (χ4v) is 2.96. The molecule has 2 heterocycles. The Bertz CT molecular complexity index is 1000. The van der Waals surface area contributed by atoms with E-state index in [0.717, 1.165) is 11.1 Å². The molecule has 4 rings (SSSR count). The summed E-state index contributed by atoms with van der Waals surface area (Å²) in [7, 11) is 0. The van der Waals surface area contributed by atoms with Crippen LogP contribution >= 0.6 is 0 Å². The molecule has 1 aliphatic rings. The number of carbonyl (C=O) groups is 2. The minimum Gasteiger partial charge on any atom is -0.445 e. The molecule has 0 fully saturated rings. The topological polar surface area (TPSA) is 81.2 Å². The minimum atomic E-state index is -1.26. The Hall–Kier alpha value is -3.28. The van der Waals surface area contributed by atoms with Gasteiger partial charge in [-0.05, 0) is 36.8 Å². The van der Waals surface area contributed by atoms with Crippen molar-refractivity contribution in [1.29, 1.82) is 0 Å². The van der Waals surface area contributed by atoms with Gasteiger partial charge in [-0.2, -0.15) is 0 Å². The van der Waals surface area contributed by atoms with Crippen LogP contribution in [0.3, 0.4) is 0 Å². The van der Waals surface area contributed by atoms with Gasteiger partial charge in [0.25, 0.3) is 5.91 Å². The molecule has 1 aromatic heterocycles. The predicted molar refractivity (Wildman–Crippen MR) is 92.1 cm³/mol. The van der Waals surface area contributed by atoms with Gasteiger partial charge < -0.3 is 10.1 Å². The van der Waals surface area contributed by atoms with E-state index in [4.69, 9.17) is 4.74 Å². The SMILES string of the molecule is CC1(C(=O)Nc2ccc3nccnc3c2)Cc2ccccc2C(=O)O1. The monoisotopic (exact) mass is 333 g/mol. The number of ether oxygens (including phenoxy) is 1. The van der Waals surface area contributed by atoms with E-state index in [1.807, 2.05) is 12.1 Å². The second kappa shape index (κ2) is 5.66. The maximum absolute atomic E-state index is 12.8. The van der Waals surface area contributed by atoms with E-state index in [9.17, 15) is 9.59 Å². The van der Waals surface area contributed by atoms with Gasteiger partial charge in [0.2, 0.25) is 0 Å². The highest BCUT2D eigenvalue weighted by molar-refractivity contribution is 6.03. The molecule has 0 saturated carbocycles. The van der Waals surface area contributed by atoms with Crippen LogP contribution in [0.5, 0.6) is 0 Å². The zero-order chi connectivity index (χ0) is 17.4. The molecular weight excluding hydrogens is 318 g/mol. The van der Waals surface area contributed by atoms with Crippen LogP contribution in [-0.2, 0) is 16.0 Å². The summed E-state index contributed by atoms with van der Waals surface area (Å²) in [5, 5.41) is 2.81. The van der Waals surface area contributed by atoms with Gasteiger partial charge in [0, 0.05) is 24.5 Å². The molecule has 2 aromatic carbocycles. The first-order chi connectivity index (χ1) is 12.0. The molecule has 6 heteroatoms. The number of hydrogen-bond donors (Lipinski definition) is 1. The van der Waals surface area contributed by atoms with E-state index in [2.05, 4.69) is 15.3 Å². The van der Waals surface area contributed by atoms with Gasteiger partial charge in [-0.1, -0.05) is 18.2 Å². The van der Waals surface area contributed by atoms with E-state index in [1.165, 1.54) is 0 Å². The zero-order valence-corrected chi connectivity index (χ0v) is 13.5. The van der Waals surface area contributed by atoms with Gasteiger partial charge in [-0.15, -0.1) is 0 Å². The highest BCUT2D eigenvalue weighted by Crippen LogP contribution is 2.29. The number of amides is 1. The van der Waals surface area contributed by atoms with Crippen LogP contribution in [0.2, 0.25) is 0 Å². The number of benzene rings is 2. The van der Waals surface area contributed by atoms with E-state index in [-0.39, 0.29) is 5.91 Å². The van der Waals surface area contributed by atoms with Crippen molar-refractivity contribution in [2.75, 3.05) is 5.32 Å². The van der Waals surface area contributed by atoms with Crippen molar-refractivity contribution in [2.45, 2.75) is 18.9 Å². The molecule has 1 aliphatic heterocycles. The molecule has 124 valence electrons. The fourth-order valence-electron chi connectivity index (χ4n) is 2.96. The van der Waals surface area contributed by atoms with Crippen molar-refractivity contribution in [1.82, 2.24) is 9.97 Å². The maximum Gasteiger partial charge on any atom is 0.339 e. The summed E-state index contributed by atoms with van der Waals surface area (Å²) < 4.78 is 5.44. The lowest BCUT2D eigenvalue weighted by Gasteiger charge is -2.33. The molecule has 0 saturated heterocycles. The quantitative estimate of drug-likeness (QED) is 0.729. The maximum atomic E-state index is 12.8. The third-order valence-electron chi connectivity index (χ3n) is 4.29. The first-order valence-electron chi connectivity index (χ1n) is 7.89. The molecular formula is C19H15N3O3. The van der Waals surface area contributed by atoms with Crippen molar-refractivity contribution in [3.05, 3.63) is 66.0 Å². The summed E-state index contributed by atoms with van der Waals surface area (Å²) in [5.41, 5.74) is 2.05. The molecule has 3 aromatic rings. The van der Waals surface area contributed by atoms with Gasteiger partial charge in [-0.25, -0.2) is 4.79 Å². The summed E-state index contributed by atoms with van der Waals surface area (Å²) in [6.07, 6.45) is 3.53. The summed E-state index contributed by atoms with van der Waals surface area (Å²) >= 11 is 0. The summed E-state index contributed by atoms with van der Waals surface area (Å²) in [5.74, 6) is -0.859. The summed E-state index contributed by atoms with van der Waals surface area (Å²) in [6, 6.07) is 12.4. The average Bonchev–Trinajstić information content (AvgIpc) is 2.61. The Morgan fingerprint density at radius 3 is 2.72 bits per heavy atom. The second-order valence-electron chi connectivity index (χ2n) is 6.17. The Balaban J connectivity index is 1.61. The molecule has 1 atom stereocenters. The number of cyclic esters (lactones) is 1. The van der Waals surface area contributed by atoms with Crippen LogP contribution in [0, 0.1) is 0 Å². The molecule has 0 aliphatic carbocycles. The Kier molecular flexibility index (Phi) is 3.46. The normalized spacial score (nSPS) is 19.2. The van der Waals surface area contributed by atoms with Gasteiger partial charge in [-0.3, -0.25) is 14.8 Å². The Labute approximate surface area is 143 Å². The zero-order valence-electron chi connectivity index (χ0n) is 13.5. The first-order valence-corrected chi connectivity index (χ1v) is 7.89. The molecule has 1 N–H and O–H groups in total. The van der Waals surface area contributed by atoms with E-state index >= 15 is 0 Å². The lowest BCUT2D eigenvalue weighted by atomic mass is 9.89.